The van der Waals surface area contributed by atoms with Crippen LogP contribution in [0, 0.1) is 5.92 Å². The van der Waals surface area contributed by atoms with E-state index in [1.54, 1.807) is 10.9 Å². The predicted octanol–water partition coefficient (Wildman–Crippen LogP) is 0.299. The third-order valence-electron chi connectivity index (χ3n) is 3.21. The Labute approximate surface area is 88.3 Å². The molecule has 1 aromatic rings. The van der Waals surface area contributed by atoms with Crippen molar-refractivity contribution in [3.63, 3.8) is 0 Å². The van der Waals surface area contributed by atoms with Crippen molar-refractivity contribution < 1.29 is 0 Å². The smallest absolute Gasteiger partial charge is 0.258 e. The van der Waals surface area contributed by atoms with E-state index >= 15 is 0 Å². The lowest BCUT2D eigenvalue weighted by molar-refractivity contribution is 0.556. The summed E-state index contributed by atoms with van der Waals surface area (Å²) >= 11 is 0. The van der Waals surface area contributed by atoms with Crippen molar-refractivity contribution in [3.8, 4) is 0 Å². The molecule has 0 aromatic carbocycles. The Bertz CT molecular complexity index is 434. The Morgan fingerprint density at radius 2 is 2.40 bits per heavy atom. The van der Waals surface area contributed by atoms with Gasteiger partial charge in [0, 0.05) is 26.1 Å². The van der Waals surface area contributed by atoms with Gasteiger partial charge in [-0.15, -0.1) is 0 Å². The Morgan fingerprint density at radius 1 is 1.53 bits per heavy atom. The fraction of sp³-hybridized carbons (Fsp3) is 0.636. The van der Waals surface area contributed by atoms with E-state index in [1.165, 1.54) is 12.8 Å². The standard InChI is InChI=1S/C11H15N3O/c15-11-9-5-12-4-3-10(9)13-7-14(11)6-8-1-2-8/h7-8,12H,1-6H2. The topological polar surface area (TPSA) is 46.9 Å². The zero-order valence-corrected chi connectivity index (χ0v) is 8.70. The van der Waals surface area contributed by atoms with Gasteiger partial charge in [0.15, 0.2) is 0 Å². The third kappa shape index (κ3) is 1.69. The molecule has 1 aromatic heterocycles. The highest BCUT2D eigenvalue weighted by Gasteiger charge is 2.23. The van der Waals surface area contributed by atoms with Gasteiger partial charge in [-0.1, -0.05) is 0 Å². The van der Waals surface area contributed by atoms with Crippen LogP contribution < -0.4 is 10.9 Å². The maximum Gasteiger partial charge on any atom is 0.258 e. The van der Waals surface area contributed by atoms with E-state index in [4.69, 9.17) is 0 Å². The van der Waals surface area contributed by atoms with E-state index in [1.807, 2.05) is 0 Å². The number of nitrogens with one attached hydrogen (secondary N) is 1. The molecule has 1 fully saturated rings. The molecule has 2 heterocycles. The molecule has 3 rings (SSSR count). The van der Waals surface area contributed by atoms with Crippen molar-refractivity contribution in [2.24, 2.45) is 5.92 Å². The first-order valence-electron chi connectivity index (χ1n) is 5.62. The molecular formula is C11H15N3O. The molecule has 1 aliphatic carbocycles. The lowest BCUT2D eigenvalue weighted by Gasteiger charge is -2.16. The second-order valence-corrected chi connectivity index (χ2v) is 4.50. The van der Waals surface area contributed by atoms with Gasteiger partial charge in [-0.25, -0.2) is 4.98 Å². The van der Waals surface area contributed by atoms with E-state index in [0.717, 1.165) is 36.7 Å². The van der Waals surface area contributed by atoms with Crippen LogP contribution in [0.3, 0.4) is 0 Å². The average Bonchev–Trinajstić information content (AvgIpc) is 3.07. The van der Waals surface area contributed by atoms with Crippen LogP contribution >= 0.6 is 0 Å². The monoisotopic (exact) mass is 205 g/mol. The molecule has 0 amide bonds. The highest BCUT2D eigenvalue weighted by Crippen LogP contribution is 2.29. The number of aromatic nitrogens is 2. The molecule has 2 aliphatic rings. The van der Waals surface area contributed by atoms with E-state index in [2.05, 4.69) is 10.3 Å². The molecule has 15 heavy (non-hydrogen) atoms. The minimum Gasteiger partial charge on any atom is -0.312 e. The largest absolute Gasteiger partial charge is 0.312 e. The zero-order chi connectivity index (χ0) is 10.3. The molecule has 1 N–H and O–H groups in total. The van der Waals surface area contributed by atoms with Crippen molar-refractivity contribution in [2.75, 3.05) is 6.54 Å². The van der Waals surface area contributed by atoms with Gasteiger partial charge in [0.05, 0.1) is 17.6 Å². The first-order chi connectivity index (χ1) is 7.34. The van der Waals surface area contributed by atoms with E-state index < -0.39 is 0 Å². The van der Waals surface area contributed by atoms with Gasteiger partial charge in [0.25, 0.3) is 5.56 Å². The molecule has 0 unspecified atom stereocenters. The Balaban J connectivity index is 1.98. The molecular weight excluding hydrogens is 190 g/mol. The van der Waals surface area contributed by atoms with E-state index in [9.17, 15) is 4.79 Å². The van der Waals surface area contributed by atoms with Gasteiger partial charge >= 0.3 is 0 Å². The second-order valence-electron chi connectivity index (χ2n) is 4.50. The van der Waals surface area contributed by atoms with Crippen molar-refractivity contribution >= 4 is 0 Å². The lowest BCUT2D eigenvalue weighted by atomic mass is 10.1. The maximum atomic E-state index is 12.1. The zero-order valence-electron chi connectivity index (χ0n) is 8.70. The number of fused-ring (bicyclic) bond motifs is 1. The van der Waals surface area contributed by atoms with Crippen molar-refractivity contribution in [1.29, 1.82) is 0 Å². The summed E-state index contributed by atoms with van der Waals surface area (Å²) in [4.78, 5) is 16.4. The molecule has 1 saturated carbocycles. The highest BCUT2D eigenvalue weighted by molar-refractivity contribution is 5.19. The van der Waals surface area contributed by atoms with Crippen LogP contribution in [0.5, 0.6) is 0 Å². The minimum atomic E-state index is 0.166. The summed E-state index contributed by atoms with van der Waals surface area (Å²) in [5, 5.41) is 3.22. The summed E-state index contributed by atoms with van der Waals surface area (Å²) in [6.07, 6.45) is 5.14. The molecule has 0 atom stereocenters. The maximum absolute atomic E-state index is 12.1. The van der Waals surface area contributed by atoms with E-state index in [-0.39, 0.29) is 5.56 Å². The fourth-order valence-corrected chi connectivity index (χ4v) is 2.09. The van der Waals surface area contributed by atoms with Crippen LogP contribution in [-0.2, 0) is 19.5 Å². The van der Waals surface area contributed by atoms with Gasteiger partial charge in [-0.3, -0.25) is 9.36 Å². The summed E-state index contributed by atoms with van der Waals surface area (Å²) in [7, 11) is 0. The van der Waals surface area contributed by atoms with Crippen molar-refractivity contribution in [3.05, 3.63) is 27.9 Å². The van der Waals surface area contributed by atoms with E-state index in [0.29, 0.717) is 6.54 Å². The summed E-state index contributed by atoms with van der Waals surface area (Å²) in [5.41, 5.74) is 2.04. The normalized spacial score (nSPS) is 20.0. The van der Waals surface area contributed by atoms with Gasteiger partial charge in [0.1, 0.15) is 0 Å². The first kappa shape index (κ1) is 9.09. The summed E-state index contributed by atoms with van der Waals surface area (Å²) in [6, 6.07) is 0. The predicted molar refractivity (Wildman–Crippen MR) is 56.6 cm³/mol. The lowest BCUT2D eigenvalue weighted by Crippen LogP contribution is -2.34. The molecule has 1 aliphatic heterocycles. The highest BCUT2D eigenvalue weighted by atomic mass is 16.1. The molecule has 0 radical (unpaired) electrons. The number of nitrogens with zero attached hydrogens (tertiary/aromatic N) is 2. The van der Waals surface area contributed by atoms with Crippen LogP contribution in [0.25, 0.3) is 0 Å². The Morgan fingerprint density at radius 3 is 3.20 bits per heavy atom. The minimum absolute atomic E-state index is 0.166. The fourth-order valence-electron chi connectivity index (χ4n) is 2.09. The van der Waals surface area contributed by atoms with Gasteiger partial charge in [0.2, 0.25) is 0 Å². The molecule has 0 spiro atoms. The quantitative estimate of drug-likeness (QED) is 0.755. The van der Waals surface area contributed by atoms with Crippen LogP contribution in [0.15, 0.2) is 11.1 Å². The number of rotatable bonds is 2. The second kappa shape index (κ2) is 3.45. The SMILES string of the molecule is O=c1c2c(ncn1CC1CC1)CCNC2. The van der Waals surface area contributed by atoms with Crippen molar-refractivity contribution in [2.45, 2.75) is 32.4 Å². The molecule has 4 heteroatoms. The van der Waals surface area contributed by atoms with Gasteiger partial charge < -0.3 is 5.32 Å². The number of hydrogen-bond donors (Lipinski definition) is 1. The first-order valence-corrected chi connectivity index (χ1v) is 5.62. The van der Waals surface area contributed by atoms with Crippen LogP contribution in [0.2, 0.25) is 0 Å². The molecule has 0 bridgehead atoms. The van der Waals surface area contributed by atoms with Gasteiger partial charge in [-0.2, -0.15) is 0 Å². The summed E-state index contributed by atoms with van der Waals surface area (Å²) in [6.45, 7) is 2.48. The molecule has 4 nitrogen and oxygen atoms in total. The molecule has 0 saturated heterocycles. The number of hydrogen-bond acceptors (Lipinski definition) is 3. The Hall–Kier alpha value is -1.16. The van der Waals surface area contributed by atoms with Gasteiger partial charge in [-0.05, 0) is 18.8 Å². The summed E-state index contributed by atoms with van der Waals surface area (Å²) < 4.78 is 1.78. The molecule has 80 valence electrons. The van der Waals surface area contributed by atoms with Crippen LogP contribution in [0.4, 0.5) is 0 Å². The third-order valence-corrected chi connectivity index (χ3v) is 3.21. The van der Waals surface area contributed by atoms with Crippen LogP contribution in [0.1, 0.15) is 24.1 Å². The summed E-state index contributed by atoms with van der Waals surface area (Å²) in [5.74, 6) is 0.721. The average molecular weight is 205 g/mol. The Kier molecular flexibility index (Phi) is 2.09. The van der Waals surface area contributed by atoms with Crippen LogP contribution in [-0.4, -0.2) is 16.1 Å². The van der Waals surface area contributed by atoms with Crippen molar-refractivity contribution in [1.82, 2.24) is 14.9 Å².